The van der Waals surface area contributed by atoms with Crippen LogP contribution in [0.5, 0.6) is 5.75 Å². The number of rotatable bonds is 6. The number of ether oxygens (including phenoxy) is 1. The second kappa shape index (κ2) is 5.95. The molecule has 0 aliphatic heterocycles. The molecule has 0 aromatic heterocycles. The molecular formula is C13H16O3. The van der Waals surface area contributed by atoms with Crippen LogP contribution in [0.1, 0.15) is 18.9 Å². The van der Waals surface area contributed by atoms with E-state index >= 15 is 0 Å². The molecule has 0 radical (unpaired) electrons. The first-order chi connectivity index (χ1) is 7.61. The molecule has 0 heterocycles. The fourth-order valence-electron chi connectivity index (χ4n) is 1.17. The monoisotopic (exact) mass is 220 g/mol. The van der Waals surface area contributed by atoms with Crippen LogP contribution in [-0.2, 0) is 11.2 Å². The lowest BCUT2D eigenvalue weighted by Gasteiger charge is -2.07. The van der Waals surface area contributed by atoms with E-state index in [2.05, 4.69) is 6.58 Å². The predicted octanol–water partition coefficient (Wildman–Crippen LogP) is 2.66. The number of carboxylic acids is 1. The van der Waals surface area contributed by atoms with Crippen LogP contribution in [0.4, 0.5) is 0 Å². The van der Waals surface area contributed by atoms with Crippen molar-refractivity contribution in [2.24, 2.45) is 0 Å². The highest BCUT2D eigenvalue weighted by Crippen LogP contribution is 2.13. The van der Waals surface area contributed by atoms with Crippen LogP contribution in [0.2, 0.25) is 0 Å². The molecule has 1 rings (SSSR count). The second-order valence-electron chi connectivity index (χ2n) is 3.61. The van der Waals surface area contributed by atoms with E-state index in [1.807, 2.05) is 6.92 Å². The third-order valence-electron chi connectivity index (χ3n) is 2.22. The first-order valence-electron chi connectivity index (χ1n) is 5.22. The number of carboxylic acid groups (broad SMARTS) is 1. The van der Waals surface area contributed by atoms with Crippen molar-refractivity contribution in [3.8, 4) is 5.75 Å². The van der Waals surface area contributed by atoms with Gasteiger partial charge in [0.25, 0.3) is 0 Å². The van der Waals surface area contributed by atoms with Gasteiger partial charge in [-0.05, 0) is 29.7 Å². The molecule has 16 heavy (non-hydrogen) atoms. The highest BCUT2D eigenvalue weighted by molar-refractivity contribution is 5.70. The molecule has 0 bridgehead atoms. The van der Waals surface area contributed by atoms with Crippen LogP contribution in [0.25, 0.3) is 0 Å². The maximum atomic E-state index is 10.5. The largest absolute Gasteiger partial charge is 0.489 e. The first kappa shape index (κ1) is 12.3. The van der Waals surface area contributed by atoms with Crippen molar-refractivity contribution in [3.63, 3.8) is 0 Å². The van der Waals surface area contributed by atoms with Gasteiger partial charge in [0.15, 0.2) is 0 Å². The van der Waals surface area contributed by atoms with Crippen LogP contribution in [0, 0.1) is 0 Å². The minimum atomic E-state index is -0.826. The molecule has 1 aromatic carbocycles. The number of carbonyl (C=O) groups is 1. The van der Waals surface area contributed by atoms with E-state index in [0.717, 1.165) is 23.3 Å². The van der Waals surface area contributed by atoms with Gasteiger partial charge in [-0.2, -0.15) is 0 Å². The molecule has 0 spiro atoms. The minimum absolute atomic E-state index is 0.0436. The fraction of sp³-hybridized carbons (Fsp3) is 0.308. The Morgan fingerprint density at radius 3 is 2.50 bits per heavy atom. The Balaban J connectivity index is 2.51. The summed E-state index contributed by atoms with van der Waals surface area (Å²) in [7, 11) is 0. The number of hydrogen-bond acceptors (Lipinski definition) is 2. The summed E-state index contributed by atoms with van der Waals surface area (Å²) in [5.41, 5.74) is 1.81. The summed E-state index contributed by atoms with van der Waals surface area (Å²) < 4.78 is 5.47. The van der Waals surface area contributed by atoms with Gasteiger partial charge in [0, 0.05) is 0 Å². The van der Waals surface area contributed by atoms with E-state index in [4.69, 9.17) is 9.84 Å². The van der Waals surface area contributed by atoms with Crippen molar-refractivity contribution < 1.29 is 14.6 Å². The Morgan fingerprint density at radius 1 is 1.38 bits per heavy atom. The Kier molecular flexibility index (Phi) is 4.58. The molecule has 0 fully saturated rings. The van der Waals surface area contributed by atoms with Crippen molar-refractivity contribution in [1.29, 1.82) is 0 Å². The summed E-state index contributed by atoms with van der Waals surface area (Å²) in [6, 6.07) is 7.08. The van der Waals surface area contributed by atoms with Gasteiger partial charge < -0.3 is 9.84 Å². The standard InChI is InChI=1S/C13H16O3/c1-3-10(2)9-16-12-6-4-11(5-7-12)8-13(14)15/h4-7H,2-3,8-9H2,1H3,(H,14,15). The number of hydrogen-bond donors (Lipinski definition) is 1. The van der Waals surface area contributed by atoms with Crippen LogP contribution < -0.4 is 4.74 Å². The third-order valence-corrected chi connectivity index (χ3v) is 2.22. The third kappa shape index (κ3) is 4.17. The van der Waals surface area contributed by atoms with Gasteiger partial charge in [-0.3, -0.25) is 4.79 Å². The average Bonchev–Trinajstić information content (AvgIpc) is 2.27. The van der Waals surface area contributed by atoms with Crippen LogP contribution in [0.15, 0.2) is 36.4 Å². The summed E-state index contributed by atoms with van der Waals surface area (Å²) in [5.74, 6) is -0.0863. The molecule has 86 valence electrons. The predicted molar refractivity (Wildman–Crippen MR) is 62.7 cm³/mol. The second-order valence-corrected chi connectivity index (χ2v) is 3.61. The molecule has 0 amide bonds. The van der Waals surface area contributed by atoms with Crippen molar-refractivity contribution in [2.75, 3.05) is 6.61 Å². The van der Waals surface area contributed by atoms with Gasteiger partial charge in [-0.1, -0.05) is 25.6 Å². The minimum Gasteiger partial charge on any atom is -0.489 e. The molecule has 1 N–H and O–H groups in total. The van der Waals surface area contributed by atoms with Gasteiger partial charge >= 0.3 is 5.97 Å². The molecule has 1 aromatic rings. The van der Waals surface area contributed by atoms with E-state index in [1.54, 1.807) is 24.3 Å². The van der Waals surface area contributed by atoms with E-state index in [0.29, 0.717) is 6.61 Å². The lowest BCUT2D eigenvalue weighted by atomic mass is 10.1. The van der Waals surface area contributed by atoms with Crippen LogP contribution in [-0.4, -0.2) is 17.7 Å². The number of aliphatic carboxylic acids is 1. The SMILES string of the molecule is C=C(CC)COc1ccc(CC(=O)O)cc1. The first-order valence-corrected chi connectivity index (χ1v) is 5.22. The van der Waals surface area contributed by atoms with Gasteiger partial charge in [0.1, 0.15) is 12.4 Å². The molecule has 0 aliphatic carbocycles. The Morgan fingerprint density at radius 2 is 2.00 bits per heavy atom. The Hall–Kier alpha value is -1.77. The van der Waals surface area contributed by atoms with Gasteiger partial charge in [-0.25, -0.2) is 0 Å². The Labute approximate surface area is 95.4 Å². The molecule has 0 aliphatic rings. The lowest BCUT2D eigenvalue weighted by Crippen LogP contribution is -2.01. The van der Waals surface area contributed by atoms with E-state index in [9.17, 15) is 4.79 Å². The van der Waals surface area contributed by atoms with Gasteiger partial charge in [-0.15, -0.1) is 0 Å². The van der Waals surface area contributed by atoms with Crippen molar-refractivity contribution in [1.82, 2.24) is 0 Å². The zero-order valence-corrected chi connectivity index (χ0v) is 9.40. The van der Waals surface area contributed by atoms with E-state index in [-0.39, 0.29) is 6.42 Å². The fourth-order valence-corrected chi connectivity index (χ4v) is 1.17. The zero-order chi connectivity index (χ0) is 12.0. The zero-order valence-electron chi connectivity index (χ0n) is 9.40. The molecule has 3 heteroatoms. The van der Waals surface area contributed by atoms with Crippen LogP contribution in [0.3, 0.4) is 0 Å². The molecule has 0 saturated heterocycles. The summed E-state index contributed by atoms with van der Waals surface area (Å²) in [6.45, 7) is 6.38. The smallest absolute Gasteiger partial charge is 0.307 e. The summed E-state index contributed by atoms with van der Waals surface area (Å²) in [5, 5.41) is 8.60. The van der Waals surface area contributed by atoms with Gasteiger partial charge in [0.2, 0.25) is 0 Å². The highest BCUT2D eigenvalue weighted by atomic mass is 16.5. The quantitative estimate of drug-likeness (QED) is 0.750. The molecule has 0 unspecified atom stereocenters. The van der Waals surface area contributed by atoms with Crippen molar-refractivity contribution in [2.45, 2.75) is 19.8 Å². The van der Waals surface area contributed by atoms with E-state index < -0.39 is 5.97 Å². The van der Waals surface area contributed by atoms with Crippen molar-refractivity contribution in [3.05, 3.63) is 42.0 Å². The average molecular weight is 220 g/mol. The summed E-state index contributed by atoms with van der Waals surface area (Å²) in [4.78, 5) is 10.5. The number of benzene rings is 1. The highest BCUT2D eigenvalue weighted by Gasteiger charge is 2.00. The molecular weight excluding hydrogens is 204 g/mol. The maximum absolute atomic E-state index is 10.5. The molecule has 0 saturated carbocycles. The summed E-state index contributed by atoms with van der Waals surface area (Å²) >= 11 is 0. The van der Waals surface area contributed by atoms with Crippen LogP contribution >= 0.6 is 0 Å². The molecule has 0 atom stereocenters. The topological polar surface area (TPSA) is 46.5 Å². The van der Waals surface area contributed by atoms with Crippen molar-refractivity contribution >= 4 is 5.97 Å². The molecule has 3 nitrogen and oxygen atoms in total. The van der Waals surface area contributed by atoms with Gasteiger partial charge in [0.05, 0.1) is 6.42 Å². The lowest BCUT2D eigenvalue weighted by molar-refractivity contribution is -0.136. The maximum Gasteiger partial charge on any atom is 0.307 e. The normalized spacial score (nSPS) is 9.81. The van der Waals surface area contributed by atoms with E-state index in [1.165, 1.54) is 0 Å². The Bertz CT molecular complexity index is 365. The summed E-state index contributed by atoms with van der Waals surface area (Å²) in [6.07, 6.45) is 0.943.